The molecule has 4 heterocycles. The fourth-order valence-corrected chi connectivity index (χ4v) is 9.21. The Balaban J connectivity index is 1.09. The Labute approximate surface area is 259 Å². The van der Waals surface area contributed by atoms with E-state index in [1.165, 1.54) is 55.1 Å². The molecule has 4 aromatic rings. The third kappa shape index (κ3) is 4.07. The first-order valence-corrected chi connectivity index (χ1v) is 16.8. The first-order valence-electron chi connectivity index (χ1n) is 16.8. The van der Waals surface area contributed by atoms with Crippen molar-refractivity contribution in [2.45, 2.75) is 58.0 Å². The molecule has 2 saturated heterocycles. The van der Waals surface area contributed by atoms with Crippen molar-refractivity contribution >= 4 is 33.5 Å². The number of hydrogen-bond donors (Lipinski definition) is 0. The molecule has 7 nitrogen and oxygen atoms in total. The SMILES string of the molecule is COCC1CCN(c2ccc3cc(-c4oc5cc(C(=O)N6CC7CC8CC6[C@H]87)cc(OC)c5c4C)n(CC4CC4)c3c2)CC1. The molecule has 5 aliphatic rings. The van der Waals surface area contributed by atoms with Crippen LogP contribution in [0.15, 0.2) is 40.8 Å². The molecule has 2 aliphatic heterocycles. The van der Waals surface area contributed by atoms with Gasteiger partial charge in [0.1, 0.15) is 11.3 Å². The quantitative estimate of drug-likeness (QED) is 0.218. The molecule has 0 N–H and O–H groups in total. The average Bonchev–Trinajstić information content (AvgIpc) is 3.70. The minimum Gasteiger partial charge on any atom is -0.496 e. The topological polar surface area (TPSA) is 60.1 Å². The Morgan fingerprint density at radius 1 is 0.977 bits per heavy atom. The third-order valence-electron chi connectivity index (χ3n) is 11.9. The van der Waals surface area contributed by atoms with Crippen molar-refractivity contribution in [3.05, 3.63) is 47.5 Å². The predicted molar refractivity (Wildman–Crippen MR) is 173 cm³/mol. The van der Waals surface area contributed by atoms with Crippen molar-refractivity contribution in [3.63, 3.8) is 0 Å². The number of ether oxygens (including phenoxy) is 2. The van der Waals surface area contributed by atoms with Gasteiger partial charge < -0.3 is 28.3 Å². The molecule has 5 fully saturated rings. The summed E-state index contributed by atoms with van der Waals surface area (Å²) in [6, 6.07) is 13.6. The van der Waals surface area contributed by atoms with Crippen LogP contribution < -0.4 is 9.64 Å². The van der Waals surface area contributed by atoms with Crippen molar-refractivity contribution < 1.29 is 18.7 Å². The van der Waals surface area contributed by atoms with Crippen LogP contribution >= 0.6 is 0 Å². The number of likely N-dealkylation sites (tertiary alicyclic amines) is 1. The monoisotopic (exact) mass is 593 g/mol. The van der Waals surface area contributed by atoms with Gasteiger partial charge in [0.15, 0.2) is 5.76 Å². The molecule has 3 aliphatic carbocycles. The van der Waals surface area contributed by atoms with Crippen LogP contribution in [0.5, 0.6) is 5.75 Å². The molecular weight excluding hydrogens is 550 g/mol. The number of carbonyl (C=O) groups is 1. The van der Waals surface area contributed by atoms with Crippen molar-refractivity contribution in [1.29, 1.82) is 0 Å². The Morgan fingerprint density at radius 3 is 2.55 bits per heavy atom. The predicted octanol–water partition coefficient (Wildman–Crippen LogP) is 7.12. The number of rotatable bonds is 8. The lowest BCUT2D eigenvalue weighted by Crippen LogP contribution is -2.53. The van der Waals surface area contributed by atoms with Gasteiger partial charge in [-0.3, -0.25) is 4.79 Å². The highest BCUT2D eigenvalue weighted by molar-refractivity contribution is 6.02. The van der Waals surface area contributed by atoms with Crippen LogP contribution in [0.25, 0.3) is 33.3 Å². The van der Waals surface area contributed by atoms with Crippen LogP contribution in [-0.4, -0.2) is 61.9 Å². The molecule has 0 radical (unpaired) electrons. The summed E-state index contributed by atoms with van der Waals surface area (Å²) in [5, 5.41) is 2.20. The zero-order valence-electron chi connectivity index (χ0n) is 26.2. The van der Waals surface area contributed by atoms with Gasteiger partial charge in [-0.2, -0.15) is 0 Å². The van der Waals surface area contributed by atoms with E-state index in [-0.39, 0.29) is 5.91 Å². The van der Waals surface area contributed by atoms with Gasteiger partial charge in [0, 0.05) is 68.1 Å². The van der Waals surface area contributed by atoms with Crippen LogP contribution in [0.2, 0.25) is 0 Å². The lowest BCUT2D eigenvalue weighted by Gasteiger charge is -2.52. The Hall–Kier alpha value is -3.45. The molecule has 1 amide bonds. The van der Waals surface area contributed by atoms with E-state index in [1.54, 1.807) is 7.11 Å². The fourth-order valence-electron chi connectivity index (χ4n) is 9.21. The largest absolute Gasteiger partial charge is 0.496 e. The van der Waals surface area contributed by atoms with Crippen molar-refractivity contribution in [3.8, 4) is 17.2 Å². The van der Waals surface area contributed by atoms with Gasteiger partial charge >= 0.3 is 0 Å². The highest BCUT2D eigenvalue weighted by atomic mass is 16.5. The Kier molecular flexibility index (Phi) is 6.13. The summed E-state index contributed by atoms with van der Waals surface area (Å²) in [6.07, 6.45) is 7.39. The molecule has 230 valence electrons. The van der Waals surface area contributed by atoms with Crippen molar-refractivity contribution in [2.24, 2.45) is 29.6 Å². The number of furan rings is 1. The highest BCUT2D eigenvalue weighted by Gasteiger charge is 2.61. The number of fused-ring (bicyclic) bond motifs is 2. The van der Waals surface area contributed by atoms with E-state index in [4.69, 9.17) is 13.9 Å². The number of aryl methyl sites for hydroxylation is 1. The van der Waals surface area contributed by atoms with Gasteiger partial charge in [0.2, 0.25) is 0 Å². The number of hydrogen-bond acceptors (Lipinski definition) is 5. The smallest absolute Gasteiger partial charge is 0.254 e. The lowest BCUT2D eigenvalue weighted by molar-refractivity contribution is -0.0204. The maximum absolute atomic E-state index is 13.8. The molecule has 4 atom stereocenters. The van der Waals surface area contributed by atoms with Crippen LogP contribution in [0, 0.1) is 36.5 Å². The molecule has 0 bridgehead atoms. The number of anilines is 1. The maximum atomic E-state index is 13.8. The first kappa shape index (κ1) is 26.9. The van der Waals surface area contributed by atoms with Gasteiger partial charge in [-0.15, -0.1) is 0 Å². The molecule has 9 rings (SSSR count). The number of benzene rings is 2. The first-order chi connectivity index (χ1) is 21.5. The normalized spacial score (nSPS) is 26.2. The van der Waals surface area contributed by atoms with E-state index >= 15 is 0 Å². The number of aromatic nitrogens is 1. The number of carbonyl (C=O) groups excluding carboxylic acids is 1. The molecule has 2 aromatic heterocycles. The molecular formula is C37H43N3O4. The number of piperidine rings is 1. The zero-order chi connectivity index (χ0) is 29.7. The van der Waals surface area contributed by atoms with Crippen LogP contribution in [0.3, 0.4) is 0 Å². The van der Waals surface area contributed by atoms with E-state index in [1.807, 2.05) is 19.2 Å². The van der Waals surface area contributed by atoms with Gasteiger partial charge in [-0.05, 0) is 105 Å². The molecule has 3 unspecified atom stereocenters. The number of nitrogens with zero attached hydrogens (tertiary/aromatic N) is 3. The summed E-state index contributed by atoms with van der Waals surface area (Å²) in [4.78, 5) is 18.5. The Morgan fingerprint density at radius 2 is 1.82 bits per heavy atom. The van der Waals surface area contributed by atoms with Gasteiger partial charge in [-0.25, -0.2) is 0 Å². The average molecular weight is 594 g/mol. The van der Waals surface area contributed by atoms with Crippen molar-refractivity contribution in [2.75, 3.05) is 45.4 Å². The summed E-state index contributed by atoms with van der Waals surface area (Å²) in [7, 11) is 3.51. The van der Waals surface area contributed by atoms with E-state index in [0.29, 0.717) is 29.4 Å². The van der Waals surface area contributed by atoms with E-state index in [0.717, 1.165) is 78.4 Å². The van der Waals surface area contributed by atoms with Crippen LogP contribution in [0.1, 0.15) is 54.4 Å². The zero-order valence-corrected chi connectivity index (χ0v) is 26.2. The van der Waals surface area contributed by atoms with Crippen LogP contribution in [0.4, 0.5) is 5.69 Å². The summed E-state index contributed by atoms with van der Waals surface area (Å²) < 4.78 is 20.6. The van der Waals surface area contributed by atoms with Gasteiger partial charge in [0.25, 0.3) is 5.91 Å². The minimum atomic E-state index is 0.125. The highest BCUT2D eigenvalue weighted by Crippen LogP contribution is 2.61. The third-order valence-corrected chi connectivity index (χ3v) is 11.9. The number of methoxy groups -OCH3 is 2. The van der Waals surface area contributed by atoms with Crippen LogP contribution in [-0.2, 0) is 11.3 Å². The second-order valence-electron chi connectivity index (χ2n) is 14.4. The maximum Gasteiger partial charge on any atom is 0.254 e. The summed E-state index contributed by atoms with van der Waals surface area (Å²) in [5.74, 6) is 5.41. The second kappa shape index (κ2) is 10.0. The molecule has 44 heavy (non-hydrogen) atoms. The van der Waals surface area contributed by atoms with E-state index in [2.05, 4.69) is 45.6 Å². The van der Waals surface area contributed by atoms with E-state index in [9.17, 15) is 4.79 Å². The van der Waals surface area contributed by atoms with Crippen molar-refractivity contribution in [1.82, 2.24) is 9.47 Å². The van der Waals surface area contributed by atoms with E-state index < -0.39 is 0 Å². The summed E-state index contributed by atoms with van der Waals surface area (Å²) in [6.45, 7) is 7.03. The fraction of sp³-hybridized carbons (Fsp3) is 0.541. The molecule has 0 spiro atoms. The summed E-state index contributed by atoms with van der Waals surface area (Å²) >= 11 is 0. The summed E-state index contributed by atoms with van der Waals surface area (Å²) in [5.41, 5.74) is 6.16. The standard InChI is InChI=1S/C37H43N3O4/c1-21-34-32(43-3)15-26(37(41)40-19-27-12-25-14-30(40)35(25)27)16-33(34)44-36(21)31-13-24-6-7-28(17-29(24)39(31)18-22-4-5-22)38-10-8-23(9-11-38)20-42-2/h6-7,13,15-17,22-23,25,27,30,35H,4-5,8-12,14,18-20H2,1-3H3/t25?,27?,30?,35-/m1/s1. The second-order valence-corrected chi connectivity index (χ2v) is 14.4. The molecule has 2 aromatic carbocycles. The Bertz CT molecular complexity index is 1770. The van der Waals surface area contributed by atoms with Gasteiger partial charge in [-0.1, -0.05) is 6.07 Å². The minimum absolute atomic E-state index is 0.125. The molecule has 7 heteroatoms. The number of amides is 1. The molecule has 3 saturated carbocycles. The van der Waals surface area contributed by atoms with Gasteiger partial charge in [0.05, 0.1) is 23.7 Å². The lowest BCUT2D eigenvalue weighted by atomic mass is 9.53.